The lowest BCUT2D eigenvalue weighted by atomic mass is 10.1. The number of amides is 1. The fourth-order valence-corrected chi connectivity index (χ4v) is 2.24. The molecule has 0 aliphatic rings. The van der Waals surface area contributed by atoms with E-state index in [1.54, 1.807) is 43.1 Å². The van der Waals surface area contributed by atoms with Gasteiger partial charge < -0.3 is 14.6 Å². The molecule has 0 aliphatic heterocycles. The second-order valence-corrected chi connectivity index (χ2v) is 5.45. The normalized spacial score (nSPS) is 9.85. The number of ether oxygens (including phenoxy) is 1. The van der Waals surface area contributed by atoms with E-state index in [9.17, 15) is 4.79 Å². The molecule has 1 amide bonds. The summed E-state index contributed by atoms with van der Waals surface area (Å²) in [6.45, 7) is 1.25. The van der Waals surface area contributed by atoms with Crippen molar-refractivity contribution >= 4 is 5.91 Å². The number of nitrogens with one attached hydrogen (secondary N) is 1. The molecule has 0 radical (unpaired) electrons. The fraction of sp³-hybridized carbons (Fsp3) is 0.150. The van der Waals surface area contributed by atoms with Crippen LogP contribution < -0.4 is 10.1 Å². The third kappa shape index (κ3) is 5.21. The second kappa shape index (κ2) is 9.04. The summed E-state index contributed by atoms with van der Waals surface area (Å²) in [6, 6.07) is 11.1. The molecule has 0 saturated heterocycles. The van der Waals surface area contributed by atoms with Crippen LogP contribution in [0.2, 0.25) is 0 Å². The quantitative estimate of drug-likeness (QED) is 0.694. The standard InChI is InChI=1S/C20H18N4O2/c25-20(23-10-1-2-13-26-19-4-3-9-21-14-19)18-7-5-17(6-8-18)15-24-12-11-22-16-24/h3-9,11-12,14,16H,10,13,15H2,(H,23,25). The van der Waals surface area contributed by atoms with Crippen LogP contribution in [0.15, 0.2) is 67.5 Å². The average Bonchev–Trinajstić information content (AvgIpc) is 3.19. The summed E-state index contributed by atoms with van der Waals surface area (Å²) in [4.78, 5) is 20.1. The number of pyridine rings is 1. The number of nitrogens with zero attached hydrogens (tertiary/aromatic N) is 3. The highest BCUT2D eigenvalue weighted by atomic mass is 16.5. The van der Waals surface area contributed by atoms with Crippen molar-refractivity contribution in [2.45, 2.75) is 6.54 Å². The smallest absolute Gasteiger partial charge is 0.252 e. The Kier molecular flexibility index (Phi) is 5.99. The van der Waals surface area contributed by atoms with Crippen LogP contribution in [0.25, 0.3) is 0 Å². The minimum absolute atomic E-state index is 0.151. The zero-order valence-electron chi connectivity index (χ0n) is 14.1. The zero-order valence-corrected chi connectivity index (χ0v) is 14.1. The monoisotopic (exact) mass is 346 g/mol. The Balaban J connectivity index is 1.41. The van der Waals surface area contributed by atoms with Gasteiger partial charge in [-0.25, -0.2) is 4.98 Å². The predicted octanol–water partition coefficient (Wildman–Crippen LogP) is 2.14. The molecular formula is C20H18N4O2. The van der Waals surface area contributed by atoms with Gasteiger partial charge in [0.05, 0.1) is 19.1 Å². The molecule has 2 aromatic heterocycles. The summed E-state index contributed by atoms with van der Waals surface area (Å²) < 4.78 is 7.37. The summed E-state index contributed by atoms with van der Waals surface area (Å²) in [5.41, 5.74) is 1.71. The van der Waals surface area contributed by atoms with Crippen molar-refractivity contribution in [2.75, 3.05) is 13.2 Å². The molecule has 0 saturated carbocycles. The van der Waals surface area contributed by atoms with E-state index in [0.29, 0.717) is 11.3 Å². The summed E-state index contributed by atoms with van der Waals surface area (Å²) in [6.07, 6.45) is 8.71. The molecule has 0 aliphatic carbocycles. The Morgan fingerprint density at radius 1 is 1.12 bits per heavy atom. The molecular weight excluding hydrogens is 328 g/mol. The number of carbonyl (C=O) groups is 1. The van der Waals surface area contributed by atoms with Crippen LogP contribution in [0, 0.1) is 11.8 Å². The molecule has 6 nitrogen and oxygen atoms in total. The topological polar surface area (TPSA) is 69.0 Å². The Morgan fingerprint density at radius 3 is 2.73 bits per heavy atom. The number of hydrogen-bond donors (Lipinski definition) is 1. The largest absolute Gasteiger partial charge is 0.479 e. The third-order valence-corrected chi connectivity index (χ3v) is 3.55. The molecule has 6 heteroatoms. The molecule has 3 rings (SSSR count). The molecule has 0 bridgehead atoms. The molecule has 1 aromatic carbocycles. The zero-order chi connectivity index (χ0) is 18.0. The van der Waals surface area contributed by atoms with Gasteiger partial charge in [0.25, 0.3) is 5.91 Å². The van der Waals surface area contributed by atoms with Crippen LogP contribution in [-0.2, 0) is 6.54 Å². The first-order valence-electron chi connectivity index (χ1n) is 8.13. The first-order chi connectivity index (χ1) is 12.8. The number of benzene rings is 1. The molecule has 0 unspecified atom stereocenters. The van der Waals surface area contributed by atoms with E-state index in [0.717, 1.165) is 12.1 Å². The second-order valence-electron chi connectivity index (χ2n) is 5.45. The minimum atomic E-state index is -0.151. The van der Waals surface area contributed by atoms with Crippen molar-refractivity contribution in [2.24, 2.45) is 0 Å². The minimum Gasteiger partial charge on any atom is -0.479 e. The predicted molar refractivity (Wildman–Crippen MR) is 97.6 cm³/mol. The third-order valence-electron chi connectivity index (χ3n) is 3.55. The molecule has 1 N–H and O–H groups in total. The van der Waals surface area contributed by atoms with E-state index < -0.39 is 0 Å². The summed E-state index contributed by atoms with van der Waals surface area (Å²) in [5, 5.41) is 2.77. The van der Waals surface area contributed by atoms with Crippen molar-refractivity contribution < 1.29 is 9.53 Å². The van der Waals surface area contributed by atoms with Crippen molar-refractivity contribution in [3.63, 3.8) is 0 Å². The van der Waals surface area contributed by atoms with Gasteiger partial charge in [0, 0.05) is 30.7 Å². The van der Waals surface area contributed by atoms with E-state index in [2.05, 4.69) is 27.1 Å². The SMILES string of the molecule is O=C(NCC#CCOc1cccnc1)c1ccc(Cn2ccnc2)cc1. The molecule has 0 atom stereocenters. The van der Waals surface area contributed by atoms with Crippen LogP contribution in [0.5, 0.6) is 5.75 Å². The molecule has 26 heavy (non-hydrogen) atoms. The van der Waals surface area contributed by atoms with Crippen molar-refractivity contribution in [1.82, 2.24) is 19.9 Å². The van der Waals surface area contributed by atoms with E-state index in [4.69, 9.17) is 4.74 Å². The number of imidazole rings is 1. The van der Waals surface area contributed by atoms with Gasteiger partial charge in [0.1, 0.15) is 12.4 Å². The number of carbonyl (C=O) groups excluding carboxylic acids is 1. The van der Waals surface area contributed by atoms with E-state index in [1.165, 1.54) is 0 Å². The van der Waals surface area contributed by atoms with Gasteiger partial charge in [-0.15, -0.1) is 0 Å². The molecule has 2 heterocycles. The molecule has 0 fully saturated rings. The van der Waals surface area contributed by atoms with E-state index >= 15 is 0 Å². The van der Waals surface area contributed by atoms with Crippen molar-refractivity contribution in [3.8, 4) is 17.6 Å². The van der Waals surface area contributed by atoms with Gasteiger partial charge in [0.2, 0.25) is 0 Å². The van der Waals surface area contributed by atoms with Crippen molar-refractivity contribution in [1.29, 1.82) is 0 Å². The van der Waals surface area contributed by atoms with Gasteiger partial charge >= 0.3 is 0 Å². The van der Waals surface area contributed by atoms with Gasteiger partial charge in [-0.3, -0.25) is 9.78 Å². The maximum Gasteiger partial charge on any atom is 0.252 e. The molecule has 0 spiro atoms. The Morgan fingerprint density at radius 2 is 2.00 bits per heavy atom. The maximum atomic E-state index is 12.1. The lowest BCUT2D eigenvalue weighted by Crippen LogP contribution is -2.23. The highest BCUT2D eigenvalue weighted by Gasteiger charge is 2.04. The molecule has 3 aromatic rings. The highest BCUT2D eigenvalue weighted by molar-refractivity contribution is 5.94. The van der Waals surface area contributed by atoms with E-state index in [1.807, 2.05) is 29.0 Å². The number of rotatable bonds is 6. The number of hydrogen-bond acceptors (Lipinski definition) is 4. The van der Waals surface area contributed by atoms with Crippen LogP contribution in [0.4, 0.5) is 0 Å². The lowest BCUT2D eigenvalue weighted by molar-refractivity contribution is 0.0958. The molecule has 130 valence electrons. The van der Waals surface area contributed by atoms with Gasteiger partial charge in [-0.2, -0.15) is 0 Å². The summed E-state index contributed by atoms with van der Waals surface area (Å²) in [7, 11) is 0. The van der Waals surface area contributed by atoms with Crippen LogP contribution >= 0.6 is 0 Å². The van der Waals surface area contributed by atoms with Crippen LogP contribution in [-0.4, -0.2) is 33.6 Å². The van der Waals surface area contributed by atoms with Crippen LogP contribution in [0.1, 0.15) is 15.9 Å². The lowest BCUT2D eigenvalue weighted by Gasteiger charge is -2.05. The van der Waals surface area contributed by atoms with E-state index in [-0.39, 0.29) is 19.1 Å². The number of aromatic nitrogens is 3. The van der Waals surface area contributed by atoms with Crippen molar-refractivity contribution in [3.05, 3.63) is 78.6 Å². The fourth-order valence-electron chi connectivity index (χ4n) is 2.24. The van der Waals surface area contributed by atoms with Gasteiger partial charge in [0.15, 0.2) is 0 Å². The Bertz CT molecular complexity index is 879. The highest BCUT2D eigenvalue weighted by Crippen LogP contribution is 2.07. The van der Waals surface area contributed by atoms with Gasteiger partial charge in [-0.05, 0) is 29.8 Å². The first kappa shape index (κ1) is 17.2. The summed E-state index contributed by atoms with van der Waals surface area (Å²) in [5.74, 6) is 6.23. The average molecular weight is 346 g/mol. The van der Waals surface area contributed by atoms with Crippen LogP contribution in [0.3, 0.4) is 0 Å². The Labute approximate surface area is 151 Å². The Hall–Kier alpha value is -3.59. The maximum absolute atomic E-state index is 12.1. The summed E-state index contributed by atoms with van der Waals surface area (Å²) >= 11 is 0. The van der Waals surface area contributed by atoms with Gasteiger partial charge in [-0.1, -0.05) is 24.0 Å². The first-order valence-corrected chi connectivity index (χ1v) is 8.13.